The lowest BCUT2D eigenvalue weighted by Gasteiger charge is -2.30. The van der Waals surface area contributed by atoms with Crippen LogP contribution in [0.4, 0.5) is 0 Å². The second-order valence-corrected chi connectivity index (χ2v) is 6.09. The van der Waals surface area contributed by atoms with Crippen molar-refractivity contribution in [3.05, 3.63) is 0 Å². The van der Waals surface area contributed by atoms with Crippen LogP contribution in [0.1, 0.15) is 52.9 Å². The van der Waals surface area contributed by atoms with E-state index < -0.39 is 0 Å². The molecule has 0 aromatic heterocycles. The van der Waals surface area contributed by atoms with E-state index in [1.165, 1.54) is 12.8 Å². The fourth-order valence-electron chi connectivity index (χ4n) is 2.94. The van der Waals surface area contributed by atoms with Crippen molar-refractivity contribution in [2.45, 2.75) is 58.9 Å². The maximum atomic E-state index is 12.0. The van der Waals surface area contributed by atoms with Crippen LogP contribution in [0.5, 0.6) is 0 Å². The van der Waals surface area contributed by atoms with E-state index in [9.17, 15) is 4.79 Å². The maximum absolute atomic E-state index is 12.0. The Bertz CT molecular complexity index is 274. The molecule has 2 unspecified atom stereocenters. The zero-order valence-electron chi connectivity index (χ0n) is 14.4. The second kappa shape index (κ2) is 14.6. The number of carbonyl (C=O) groups excluding carboxylic acids is 1. The van der Waals surface area contributed by atoms with Crippen LogP contribution in [0.3, 0.4) is 0 Å². The van der Waals surface area contributed by atoms with Gasteiger partial charge in [-0.2, -0.15) is 0 Å². The van der Waals surface area contributed by atoms with Gasteiger partial charge in [-0.3, -0.25) is 4.79 Å². The molecular weight excluding hydrogens is 321 g/mol. The highest BCUT2D eigenvalue weighted by atomic mass is 35.5. The summed E-state index contributed by atoms with van der Waals surface area (Å²) in [5.41, 5.74) is 0. The van der Waals surface area contributed by atoms with E-state index in [-0.39, 0.29) is 30.7 Å². The van der Waals surface area contributed by atoms with Gasteiger partial charge in [0.05, 0.1) is 0 Å². The molecule has 2 atom stereocenters. The molecule has 0 aromatic carbocycles. The quantitative estimate of drug-likeness (QED) is 0.668. The van der Waals surface area contributed by atoms with Crippen molar-refractivity contribution in [2.75, 3.05) is 32.7 Å². The van der Waals surface area contributed by atoms with E-state index in [1.54, 1.807) is 0 Å². The Morgan fingerprint density at radius 2 is 1.82 bits per heavy atom. The Balaban J connectivity index is 0. The first-order valence-electron chi connectivity index (χ1n) is 8.39. The number of carbonyl (C=O) groups is 1. The molecule has 2 N–H and O–H groups in total. The van der Waals surface area contributed by atoms with Crippen LogP contribution in [0.25, 0.3) is 0 Å². The number of amides is 1. The molecule has 1 heterocycles. The number of halogens is 2. The van der Waals surface area contributed by atoms with Crippen LogP contribution < -0.4 is 10.6 Å². The lowest BCUT2D eigenvalue weighted by Crippen LogP contribution is -2.48. The summed E-state index contributed by atoms with van der Waals surface area (Å²) in [7, 11) is 0. The van der Waals surface area contributed by atoms with Gasteiger partial charge in [0.1, 0.15) is 0 Å². The molecule has 0 aromatic rings. The Morgan fingerprint density at radius 3 is 2.36 bits per heavy atom. The van der Waals surface area contributed by atoms with Gasteiger partial charge in [-0.15, -0.1) is 24.8 Å². The average molecular weight is 356 g/mol. The molecule has 1 amide bonds. The number of nitrogens with zero attached hydrogens (tertiary/aromatic N) is 1. The summed E-state index contributed by atoms with van der Waals surface area (Å²) >= 11 is 0. The summed E-state index contributed by atoms with van der Waals surface area (Å²) in [6, 6.07) is 0.367. The summed E-state index contributed by atoms with van der Waals surface area (Å²) in [6.45, 7) is 12.0. The molecule has 1 aliphatic heterocycles. The number of rotatable bonds is 9. The van der Waals surface area contributed by atoms with Crippen molar-refractivity contribution in [1.82, 2.24) is 15.5 Å². The SMILES string of the molecule is CCCN(CCC)CCCC(=O)NC1CCNCC1C.Cl.Cl. The lowest BCUT2D eigenvalue weighted by atomic mass is 9.95. The van der Waals surface area contributed by atoms with E-state index in [2.05, 4.69) is 36.3 Å². The molecule has 0 spiro atoms. The van der Waals surface area contributed by atoms with Crippen molar-refractivity contribution in [2.24, 2.45) is 5.92 Å². The maximum Gasteiger partial charge on any atom is 0.220 e. The third kappa shape index (κ3) is 9.88. The Morgan fingerprint density at radius 1 is 1.18 bits per heavy atom. The van der Waals surface area contributed by atoms with Gasteiger partial charge in [0.25, 0.3) is 0 Å². The lowest BCUT2D eigenvalue weighted by molar-refractivity contribution is -0.122. The van der Waals surface area contributed by atoms with Crippen LogP contribution in [-0.4, -0.2) is 49.6 Å². The van der Waals surface area contributed by atoms with Gasteiger partial charge in [-0.05, 0) is 64.3 Å². The van der Waals surface area contributed by atoms with Crippen LogP contribution in [0.2, 0.25) is 0 Å². The van der Waals surface area contributed by atoms with E-state index in [1.807, 2.05) is 0 Å². The molecule has 4 nitrogen and oxygen atoms in total. The van der Waals surface area contributed by atoms with Crippen molar-refractivity contribution in [1.29, 1.82) is 0 Å². The molecule has 1 rings (SSSR count). The molecule has 0 saturated carbocycles. The molecule has 0 aliphatic carbocycles. The highest BCUT2D eigenvalue weighted by Gasteiger charge is 2.22. The fraction of sp³-hybridized carbons (Fsp3) is 0.938. The largest absolute Gasteiger partial charge is 0.353 e. The van der Waals surface area contributed by atoms with Gasteiger partial charge in [-0.25, -0.2) is 0 Å². The minimum atomic E-state index is 0. The molecular formula is C16H35Cl2N3O. The van der Waals surface area contributed by atoms with Gasteiger partial charge in [-0.1, -0.05) is 20.8 Å². The average Bonchev–Trinajstić information content (AvgIpc) is 2.42. The first-order valence-corrected chi connectivity index (χ1v) is 8.39. The number of piperidine rings is 1. The fourth-order valence-corrected chi connectivity index (χ4v) is 2.94. The predicted molar refractivity (Wildman–Crippen MR) is 99.3 cm³/mol. The van der Waals surface area contributed by atoms with E-state index in [0.29, 0.717) is 18.4 Å². The third-order valence-electron chi connectivity index (χ3n) is 4.09. The Labute approximate surface area is 149 Å². The zero-order valence-corrected chi connectivity index (χ0v) is 16.0. The molecule has 22 heavy (non-hydrogen) atoms. The molecule has 1 aliphatic rings. The summed E-state index contributed by atoms with van der Waals surface area (Å²) in [4.78, 5) is 14.5. The summed E-state index contributed by atoms with van der Waals surface area (Å²) in [5, 5.41) is 6.57. The minimum absolute atomic E-state index is 0. The van der Waals surface area contributed by atoms with Crippen molar-refractivity contribution in [3.8, 4) is 0 Å². The molecule has 6 heteroatoms. The smallest absolute Gasteiger partial charge is 0.220 e. The second-order valence-electron chi connectivity index (χ2n) is 6.09. The molecule has 1 saturated heterocycles. The third-order valence-corrected chi connectivity index (χ3v) is 4.09. The van der Waals surface area contributed by atoms with Gasteiger partial charge >= 0.3 is 0 Å². The monoisotopic (exact) mass is 355 g/mol. The van der Waals surface area contributed by atoms with Crippen molar-refractivity contribution < 1.29 is 4.79 Å². The summed E-state index contributed by atoms with van der Waals surface area (Å²) in [6.07, 6.45) is 5.09. The van der Waals surface area contributed by atoms with Crippen molar-refractivity contribution >= 4 is 30.7 Å². The number of nitrogens with one attached hydrogen (secondary N) is 2. The number of hydrogen-bond acceptors (Lipinski definition) is 3. The van der Waals surface area contributed by atoms with Crippen molar-refractivity contribution in [3.63, 3.8) is 0 Å². The highest BCUT2D eigenvalue weighted by molar-refractivity contribution is 5.85. The van der Waals surface area contributed by atoms with E-state index in [0.717, 1.165) is 45.6 Å². The van der Waals surface area contributed by atoms with Gasteiger partial charge < -0.3 is 15.5 Å². The van der Waals surface area contributed by atoms with Crippen LogP contribution in [0.15, 0.2) is 0 Å². The first kappa shape index (κ1) is 24.2. The Hall–Kier alpha value is -0.0300. The van der Waals surface area contributed by atoms with Crippen LogP contribution in [-0.2, 0) is 4.79 Å². The van der Waals surface area contributed by atoms with Gasteiger partial charge in [0.2, 0.25) is 5.91 Å². The number of hydrogen-bond donors (Lipinski definition) is 2. The highest BCUT2D eigenvalue weighted by Crippen LogP contribution is 2.10. The standard InChI is InChI=1S/C16H33N3O.2ClH/c1-4-10-19(11-5-2)12-6-7-16(20)18-15-8-9-17-13-14(15)3;;/h14-15,17H,4-13H2,1-3H3,(H,18,20);2*1H. The van der Waals surface area contributed by atoms with Crippen LogP contribution >= 0.6 is 24.8 Å². The zero-order chi connectivity index (χ0) is 14.8. The normalized spacial score (nSPS) is 20.9. The summed E-state index contributed by atoms with van der Waals surface area (Å²) < 4.78 is 0. The van der Waals surface area contributed by atoms with E-state index >= 15 is 0 Å². The molecule has 0 radical (unpaired) electrons. The molecule has 0 bridgehead atoms. The Kier molecular flexibility index (Phi) is 16.0. The minimum Gasteiger partial charge on any atom is -0.353 e. The van der Waals surface area contributed by atoms with Crippen LogP contribution in [0, 0.1) is 5.92 Å². The molecule has 1 fully saturated rings. The van der Waals surface area contributed by atoms with Gasteiger partial charge in [0.15, 0.2) is 0 Å². The van der Waals surface area contributed by atoms with E-state index in [4.69, 9.17) is 0 Å². The van der Waals surface area contributed by atoms with Gasteiger partial charge in [0, 0.05) is 12.5 Å². The summed E-state index contributed by atoms with van der Waals surface area (Å²) in [5.74, 6) is 0.779. The topological polar surface area (TPSA) is 44.4 Å². The predicted octanol–water partition coefficient (Wildman–Crippen LogP) is 2.85. The first-order chi connectivity index (χ1) is 9.67. The molecule has 134 valence electrons.